The number of halogens is 2. The number of rotatable bonds is 7. The number of piperidine rings is 1. The molecular formula is C18H24Cl2N4O3. The number of hydrogen-bond donors (Lipinski definition) is 2. The molecule has 9 heteroatoms. The second kappa shape index (κ2) is 9.94. The third kappa shape index (κ3) is 4.93. The van der Waals surface area contributed by atoms with Gasteiger partial charge in [-0.2, -0.15) is 5.10 Å². The zero-order chi connectivity index (χ0) is 18.4. The minimum absolute atomic E-state index is 0. The number of anilines is 1. The fraction of sp³-hybridized carbons (Fsp3) is 0.444. The van der Waals surface area contributed by atoms with Crippen LogP contribution in [0.2, 0.25) is 5.02 Å². The first-order valence-electron chi connectivity index (χ1n) is 8.59. The molecule has 3 rings (SSSR count). The van der Waals surface area contributed by atoms with Crippen LogP contribution in [0.4, 0.5) is 5.69 Å². The van der Waals surface area contributed by atoms with Gasteiger partial charge in [-0.25, -0.2) is 0 Å². The van der Waals surface area contributed by atoms with Gasteiger partial charge in [-0.05, 0) is 50.2 Å². The molecule has 0 bridgehead atoms. The molecule has 2 aromatic rings. The number of aromatic nitrogens is 2. The van der Waals surface area contributed by atoms with E-state index in [1.165, 1.54) is 0 Å². The van der Waals surface area contributed by atoms with Gasteiger partial charge in [0.25, 0.3) is 5.91 Å². The summed E-state index contributed by atoms with van der Waals surface area (Å²) in [6, 6.07) is 7.06. The molecule has 0 saturated carbocycles. The number of amides is 1. The van der Waals surface area contributed by atoms with Crippen molar-refractivity contribution in [3.8, 4) is 5.75 Å². The zero-order valence-electron chi connectivity index (χ0n) is 15.1. The molecule has 1 aliphatic heterocycles. The van der Waals surface area contributed by atoms with Crippen molar-refractivity contribution in [2.75, 3.05) is 38.7 Å². The molecule has 0 unspecified atom stereocenters. The van der Waals surface area contributed by atoms with Gasteiger partial charge in [0, 0.05) is 25.2 Å². The van der Waals surface area contributed by atoms with Crippen LogP contribution in [-0.4, -0.2) is 49.1 Å². The minimum Gasteiger partial charge on any atom is -0.490 e. The summed E-state index contributed by atoms with van der Waals surface area (Å²) >= 11 is 6.27. The lowest BCUT2D eigenvalue weighted by atomic mass is 9.87. The average Bonchev–Trinajstić information content (AvgIpc) is 3.19. The molecule has 2 N–H and O–H groups in total. The summed E-state index contributed by atoms with van der Waals surface area (Å²) in [5.41, 5.74) is -0.0707. The third-order valence-electron chi connectivity index (χ3n) is 4.53. The Labute approximate surface area is 169 Å². The Bertz CT molecular complexity index is 734. The van der Waals surface area contributed by atoms with Gasteiger partial charge >= 0.3 is 0 Å². The monoisotopic (exact) mass is 414 g/mol. The summed E-state index contributed by atoms with van der Waals surface area (Å²) in [7, 11) is 1.61. The number of carbonyl (C=O) groups excluding carboxylic acids is 1. The molecule has 0 atom stereocenters. The highest BCUT2D eigenvalue weighted by Gasteiger charge is 2.42. The molecule has 1 fully saturated rings. The number of methoxy groups -OCH3 is 1. The van der Waals surface area contributed by atoms with E-state index < -0.39 is 5.54 Å². The fourth-order valence-corrected chi connectivity index (χ4v) is 3.34. The zero-order valence-corrected chi connectivity index (χ0v) is 16.7. The van der Waals surface area contributed by atoms with Gasteiger partial charge in [0.1, 0.15) is 17.9 Å². The number of nitrogens with one attached hydrogen (secondary N) is 2. The van der Waals surface area contributed by atoms with Crippen molar-refractivity contribution in [2.45, 2.75) is 18.4 Å². The lowest BCUT2D eigenvalue weighted by Gasteiger charge is -2.36. The topological polar surface area (TPSA) is 77.4 Å². The van der Waals surface area contributed by atoms with Crippen LogP contribution in [0.25, 0.3) is 0 Å². The van der Waals surface area contributed by atoms with Crippen molar-refractivity contribution in [1.29, 1.82) is 0 Å². The Hall–Kier alpha value is -1.80. The highest BCUT2D eigenvalue weighted by Crippen LogP contribution is 2.31. The fourth-order valence-electron chi connectivity index (χ4n) is 3.10. The van der Waals surface area contributed by atoms with Gasteiger partial charge in [-0.15, -0.1) is 12.4 Å². The summed E-state index contributed by atoms with van der Waals surface area (Å²) in [4.78, 5) is 13.1. The molecule has 1 saturated heterocycles. The van der Waals surface area contributed by atoms with E-state index in [1.54, 1.807) is 36.2 Å². The van der Waals surface area contributed by atoms with E-state index in [0.29, 0.717) is 42.5 Å². The standard InChI is InChI=1S/C18H23ClN4O3.ClH/c1-25-11-12-26-16-4-3-14(13-15(16)19)22-17(24)18(5-8-20-9-6-18)23-10-2-7-21-23;/h2-4,7,10,13,20H,5-6,8-9,11-12H2,1H3,(H,22,24);1H. The highest BCUT2D eigenvalue weighted by molar-refractivity contribution is 6.32. The maximum atomic E-state index is 13.1. The molecule has 1 aromatic carbocycles. The van der Waals surface area contributed by atoms with E-state index in [1.807, 2.05) is 12.3 Å². The van der Waals surface area contributed by atoms with Crippen LogP contribution < -0.4 is 15.4 Å². The molecule has 0 radical (unpaired) electrons. The summed E-state index contributed by atoms with van der Waals surface area (Å²) in [5.74, 6) is 0.470. The maximum absolute atomic E-state index is 13.1. The van der Waals surface area contributed by atoms with Gasteiger partial charge in [-0.1, -0.05) is 11.6 Å². The van der Waals surface area contributed by atoms with Gasteiger partial charge < -0.3 is 20.1 Å². The second-order valence-corrected chi connectivity index (χ2v) is 6.58. The van der Waals surface area contributed by atoms with Crippen LogP contribution in [0.3, 0.4) is 0 Å². The molecule has 1 amide bonds. The summed E-state index contributed by atoms with van der Waals surface area (Å²) < 4.78 is 12.3. The molecule has 7 nitrogen and oxygen atoms in total. The van der Waals surface area contributed by atoms with Crippen molar-refractivity contribution in [3.63, 3.8) is 0 Å². The van der Waals surface area contributed by atoms with Crippen molar-refractivity contribution >= 4 is 35.6 Å². The predicted octanol–water partition coefficient (Wildman–Crippen LogP) is 2.70. The summed E-state index contributed by atoms with van der Waals surface area (Å²) in [6.45, 7) is 2.42. The first-order chi connectivity index (χ1) is 12.7. The lowest BCUT2D eigenvalue weighted by Crippen LogP contribution is -2.52. The molecule has 0 aliphatic carbocycles. The van der Waals surface area contributed by atoms with E-state index in [0.717, 1.165) is 13.1 Å². The minimum atomic E-state index is -0.700. The van der Waals surface area contributed by atoms with Gasteiger partial charge in [0.2, 0.25) is 0 Å². The SMILES string of the molecule is COCCOc1ccc(NC(=O)C2(n3cccn3)CCNCC2)cc1Cl.Cl. The summed E-state index contributed by atoms with van der Waals surface area (Å²) in [6.07, 6.45) is 4.88. The van der Waals surface area contributed by atoms with Crippen molar-refractivity contribution < 1.29 is 14.3 Å². The second-order valence-electron chi connectivity index (χ2n) is 6.17. The number of carbonyl (C=O) groups is 1. The number of benzene rings is 1. The lowest BCUT2D eigenvalue weighted by molar-refractivity contribution is -0.126. The quantitative estimate of drug-likeness (QED) is 0.680. The molecular weight excluding hydrogens is 391 g/mol. The highest BCUT2D eigenvalue weighted by atomic mass is 35.5. The van der Waals surface area contributed by atoms with E-state index >= 15 is 0 Å². The molecule has 27 heavy (non-hydrogen) atoms. The normalized spacial score (nSPS) is 15.6. The van der Waals surface area contributed by atoms with Crippen LogP contribution in [0.15, 0.2) is 36.7 Å². The largest absolute Gasteiger partial charge is 0.490 e. The van der Waals surface area contributed by atoms with Crippen LogP contribution in [0.1, 0.15) is 12.8 Å². The maximum Gasteiger partial charge on any atom is 0.252 e. The average molecular weight is 415 g/mol. The number of hydrogen-bond acceptors (Lipinski definition) is 5. The van der Waals surface area contributed by atoms with Crippen molar-refractivity contribution in [2.24, 2.45) is 0 Å². The van der Waals surface area contributed by atoms with Crippen LogP contribution in [-0.2, 0) is 15.1 Å². The first-order valence-corrected chi connectivity index (χ1v) is 8.97. The van der Waals surface area contributed by atoms with Gasteiger partial charge in [-0.3, -0.25) is 9.48 Å². The molecule has 2 heterocycles. The Morgan fingerprint density at radius 3 is 2.78 bits per heavy atom. The van der Waals surface area contributed by atoms with Gasteiger partial charge in [0.15, 0.2) is 0 Å². The number of ether oxygens (including phenoxy) is 2. The molecule has 148 valence electrons. The summed E-state index contributed by atoms with van der Waals surface area (Å²) in [5, 5.41) is 11.0. The predicted molar refractivity (Wildman–Crippen MR) is 107 cm³/mol. The third-order valence-corrected chi connectivity index (χ3v) is 4.83. The van der Waals surface area contributed by atoms with E-state index in [9.17, 15) is 4.79 Å². The Morgan fingerprint density at radius 2 is 2.15 bits per heavy atom. The Morgan fingerprint density at radius 1 is 1.37 bits per heavy atom. The van der Waals surface area contributed by atoms with Crippen LogP contribution in [0, 0.1) is 0 Å². The molecule has 1 aliphatic rings. The van der Waals surface area contributed by atoms with Crippen molar-refractivity contribution in [3.05, 3.63) is 41.7 Å². The Kier molecular flexibility index (Phi) is 7.91. The van der Waals surface area contributed by atoms with E-state index in [2.05, 4.69) is 15.7 Å². The van der Waals surface area contributed by atoms with E-state index in [-0.39, 0.29) is 18.3 Å². The smallest absolute Gasteiger partial charge is 0.252 e. The van der Waals surface area contributed by atoms with E-state index in [4.69, 9.17) is 21.1 Å². The number of nitrogens with zero attached hydrogens (tertiary/aromatic N) is 2. The molecule has 0 spiro atoms. The van der Waals surface area contributed by atoms with Crippen LogP contribution >= 0.6 is 24.0 Å². The molecule has 1 aromatic heterocycles. The first kappa shape index (κ1) is 21.5. The van der Waals surface area contributed by atoms with Crippen LogP contribution in [0.5, 0.6) is 5.75 Å². The Balaban J connectivity index is 0.00000261. The van der Waals surface area contributed by atoms with Gasteiger partial charge in [0.05, 0.1) is 11.6 Å². The van der Waals surface area contributed by atoms with Crippen molar-refractivity contribution in [1.82, 2.24) is 15.1 Å².